The molecule has 29 heavy (non-hydrogen) atoms. The first-order valence-electron chi connectivity index (χ1n) is 10.1. The number of carbonyl (C=O) groups excluding carboxylic acids is 1. The summed E-state index contributed by atoms with van der Waals surface area (Å²) < 4.78 is 32.5. The Labute approximate surface area is 172 Å². The van der Waals surface area contributed by atoms with Crippen LogP contribution in [0.3, 0.4) is 0 Å². The Balaban J connectivity index is 1.59. The molecule has 3 rings (SSSR count). The number of aromatic nitrogens is 1. The zero-order valence-corrected chi connectivity index (χ0v) is 18.0. The second-order valence-electron chi connectivity index (χ2n) is 7.79. The lowest BCUT2D eigenvalue weighted by Gasteiger charge is -2.31. The summed E-state index contributed by atoms with van der Waals surface area (Å²) in [5, 5.41) is 6.81. The first-order chi connectivity index (χ1) is 13.8. The van der Waals surface area contributed by atoms with Gasteiger partial charge in [0.1, 0.15) is 10.6 Å². The Morgan fingerprint density at radius 2 is 2.03 bits per heavy atom. The fourth-order valence-electron chi connectivity index (χ4n) is 3.81. The Bertz CT molecular complexity index is 921. The molecule has 8 heteroatoms. The number of carbonyl (C=O) groups is 1. The van der Waals surface area contributed by atoms with E-state index in [1.165, 1.54) is 9.87 Å². The molecule has 2 heterocycles. The Morgan fingerprint density at radius 3 is 2.69 bits per heavy atom. The molecular weight excluding hydrogens is 390 g/mol. The number of hydrogen-bond donors (Lipinski definition) is 1. The molecule has 1 saturated heterocycles. The van der Waals surface area contributed by atoms with Crippen LogP contribution in [-0.2, 0) is 21.2 Å². The number of nitrogens with one attached hydrogen (secondary N) is 1. The molecule has 0 unspecified atom stereocenters. The molecule has 0 spiro atoms. The minimum Gasteiger partial charge on any atom is -0.360 e. The van der Waals surface area contributed by atoms with Crippen LogP contribution < -0.4 is 5.32 Å². The van der Waals surface area contributed by atoms with Crippen LogP contribution in [0.15, 0.2) is 39.8 Å². The van der Waals surface area contributed by atoms with Gasteiger partial charge in [0, 0.05) is 19.1 Å². The van der Waals surface area contributed by atoms with Crippen LogP contribution in [0, 0.1) is 19.8 Å². The summed E-state index contributed by atoms with van der Waals surface area (Å²) in [6, 6.07) is 10.2. The topological polar surface area (TPSA) is 92.5 Å². The third kappa shape index (κ3) is 5.05. The van der Waals surface area contributed by atoms with Crippen LogP contribution in [-0.4, -0.2) is 42.9 Å². The summed E-state index contributed by atoms with van der Waals surface area (Å²) in [7, 11) is -3.72. The maximum absolute atomic E-state index is 13.0. The standard InChI is InChI=1S/C21H29N3O4S/c1-15(11-12-18-8-5-4-6-9-18)22-21(25)19-10-7-13-24(14-19)29(26,27)20-16(2)23-28-17(20)3/h4-6,8-9,15,19H,7,10-14H2,1-3H3,(H,22,25)/t15-,19+/m0/s1. The van der Waals surface area contributed by atoms with Gasteiger partial charge in [-0.2, -0.15) is 4.31 Å². The summed E-state index contributed by atoms with van der Waals surface area (Å²) in [5.41, 5.74) is 1.59. The van der Waals surface area contributed by atoms with Crippen LogP contribution in [0.25, 0.3) is 0 Å². The molecule has 1 amide bonds. The molecule has 158 valence electrons. The van der Waals surface area contributed by atoms with Crippen molar-refractivity contribution >= 4 is 15.9 Å². The molecule has 2 aromatic rings. The van der Waals surface area contributed by atoms with Gasteiger partial charge in [0.15, 0.2) is 5.76 Å². The van der Waals surface area contributed by atoms with E-state index in [-0.39, 0.29) is 35.1 Å². The molecule has 1 aromatic heterocycles. The molecule has 1 fully saturated rings. The predicted molar refractivity (Wildman–Crippen MR) is 110 cm³/mol. The van der Waals surface area contributed by atoms with Gasteiger partial charge < -0.3 is 9.84 Å². The van der Waals surface area contributed by atoms with Crippen molar-refractivity contribution in [1.82, 2.24) is 14.8 Å². The maximum Gasteiger partial charge on any atom is 0.248 e. The smallest absolute Gasteiger partial charge is 0.248 e. The van der Waals surface area contributed by atoms with Gasteiger partial charge in [-0.05, 0) is 52.0 Å². The van der Waals surface area contributed by atoms with Gasteiger partial charge in [0.05, 0.1) is 5.92 Å². The number of hydrogen-bond acceptors (Lipinski definition) is 5. The van der Waals surface area contributed by atoms with Crippen molar-refractivity contribution in [3.05, 3.63) is 47.3 Å². The van der Waals surface area contributed by atoms with E-state index >= 15 is 0 Å². The van der Waals surface area contributed by atoms with Crippen molar-refractivity contribution in [2.24, 2.45) is 5.92 Å². The summed E-state index contributed by atoms with van der Waals surface area (Å²) >= 11 is 0. The third-order valence-corrected chi connectivity index (χ3v) is 7.53. The van der Waals surface area contributed by atoms with E-state index in [4.69, 9.17) is 4.52 Å². The molecule has 1 N–H and O–H groups in total. The molecule has 1 aromatic carbocycles. The van der Waals surface area contributed by atoms with Crippen LogP contribution in [0.4, 0.5) is 0 Å². The molecule has 0 aliphatic carbocycles. The summed E-state index contributed by atoms with van der Waals surface area (Å²) in [6.07, 6.45) is 3.06. The van der Waals surface area contributed by atoms with Crippen molar-refractivity contribution in [2.45, 2.75) is 57.4 Å². The van der Waals surface area contributed by atoms with E-state index in [1.54, 1.807) is 13.8 Å². The van der Waals surface area contributed by atoms with E-state index in [2.05, 4.69) is 22.6 Å². The highest BCUT2D eigenvalue weighted by Crippen LogP contribution is 2.27. The van der Waals surface area contributed by atoms with Crippen LogP contribution in [0.1, 0.15) is 43.2 Å². The lowest BCUT2D eigenvalue weighted by atomic mass is 9.98. The lowest BCUT2D eigenvalue weighted by Crippen LogP contribution is -2.47. The van der Waals surface area contributed by atoms with E-state index in [1.807, 2.05) is 25.1 Å². The second-order valence-corrected chi connectivity index (χ2v) is 9.66. The van der Waals surface area contributed by atoms with Crippen LogP contribution in [0.5, 0.6) is 0 Å². The molecule has 0 saturated carbocycles. The van der Waals surface area contributed by atoms with Crippen LogP contribution >= 0.6 is 0 Å². The Morgan fingerprint density at radius 1 is 1.31 bits per heavy atom. The highest BCUT2D eigenvalue weighted by molar-refractivity contribution is 7.89. The Kier molecular flexibility index (Phi) is 6.74. The summed E-state index contributed by atoms with van der Waals surface area (Å²) in [5.74, 6) is -0.147. The van der Waals surface area contributed by atoms with Gasteiger partial charge >= 0.3 is 0 Å². The van der Waals surface area contributed by atoms with Gasteiger partial charge in [-0.15, -0.1) is 0 Å². The quantitative estimate of drug-likeness (QED) is 0.745. The number of piperidine rings is 1. The van der Waals surface area contributed by atoms with Crippen molar-refractivity contribution in [2.75, 3.05) is 13.1 Å². The maximum atomic E-state index is 13.0. The SMILES string of the molecule is Cc1noc(C)c1S(=O)(=O)N1CCC[C@@H](C(=O)N[C@@H](C)CCc2ccccc2)C1. The monoisotopic (exact) mass is 419 g/mol. The molecule has 2 atom stereocenters. The molecule has 7 nitrogen and oxygen atoms in total. The fourth-order valence-corrected chi connectivity index (χ4v) is 5.62. The van der Waals surface area contributed by atoms with Crippen molar-refractivity contribution in [3.8, 4) is 0 Å². The van der Waals surface area contributed by atoms with Gasteiger partial charge in [-0.25, -0.2) is 8.42 Å². The van der Waals surface area contributed by atoms with Crippen molar-refractivity contribution in [3.63, 3.8) is 0 Å². The van der Waals surface area contributed by atoms with E-state index in [9.17, 15) is 13.2 Å². The summed E-state index contributed by atoms with van der Waals surface area (Å²) in [6.45, 7) is 5.78. The van der Waals surface area contributed by atoms with E-state index in [0.29, 0.717) is 25.1 Å². The first kappa shape index (κ1) is 21.5. The van der Waals surface area contributed by atoms with Gasteiger partial charge in [0.25, 0.3) is 0 Å². The number of rotatable bonds is 7. The normalized spacial score (nSPS) is 19.1. The van der Waals surface area contributed by atoms with Crippen molar-refractivity contribution < 1.29 is 17.7 Å². The number of sulfonamides is 1. The zero-order chi connectivity index (χ0) is 21.0. The zero-order valence-electron chi connectivity index (χ0n) is 17.2. The molecule has 0 radical (unpaired) electrons. The first-order valence-corrected chi connectivity index (χ1v) is 11.5. The number of benzene rings is 1. The predicted octanol–water partition coefficient (Wildman–Crippen LogP) is 2.83. The molecule has 1 aliphatic rings. The van der Waals surface area contributed by atoms with Crippen LogP contribution in [0.2, 0.25) is 0 Å². The van der Waals surface area contributed by atoms with Crippen molar-refractivity contribution in [1.29, 1.82) is 0 Å². The average molecular weight is 420 g/mol. The van der Waals surface area contributed by atoms with Gasteiger partial charge in [-0.3, -0.25) is 4.79 Å². The minimum absolute atomic E-state index is 0.0252. The lowest BCUT2D eigenvalue weighted by molar-refractivity contribution is -0.126. The van der Waals surface area contributed by atoms with Gasteiger partial charge in [0.2, 0.25) is 15.9 Å². The highest BCUT2D eigenvalue weighted by atomic mass is 32.2. The number of aryl methyl sites for hydroxylation is 3. The number of nitrogens with zero attached hydrogens (tertiary/aromatic N) is 2. The number of amides is 1. The molecule has 1 aliphatic heterocycles. The molecule has 0 bridgehead atoms. The minimum atomic E-state index is -3.72. The molecular formula is C21H29N3O4S. The van der Waals surface area contributed by atoms with E-state index in [0.717, 1.165) is 12.8 Å². The largest absolute Gasteiger partial charge is 0.360 e. The van der Waals surface area contributed by atoms with Gasteiger partial charge in [-0.1, -0.05) is 35.5 Å². The Hall–Kier alpha value is -2.19. The fraction of sp³-hybridized carbons (Fsp3) is 0.524. The second kappa shape index (κ2) is 9.09. The third-order valence-electron chi connectivity index (χ3n) is 5.42. The van der Waals surface area contributed by atoms with E-state index < -0.39 is 10.0 Å². The average Bonchev–Trinajstić information content (AvgIpc) is 3.06. The summed E-state index contributed by atoms with van der Waals surface area (Å²) in [4.78, 5) is 12.9. The highest BCUT2D eigenvalue weighted by Gasteiger charge is 2.36.